The Balaban J connectivity index is 1.20. The van der Waals surface area contributed by atoms with Crippen LogP contribution in [-0.4, -0.2) is 42.5 Å². The third-order valence-corrected chi connectivity index (χ3v) is 14.0. The summed E-state index contributed by atoms with van der Waals surface area (Å²) >= 11 is 0. The van der Waals surface area contributed by atoms with Gasteiger partial charge in [0.2, 0.25) is 0 Å². The van der Waals surface area contributed by atoms with Crippen LogP contribution in [0.4, 0.5) is 0 Å². The predicted octanol–water partition coefficient (Wildman–Crippen LogP) is 11.5. The minimum Gasteiger partial charge on any atom is -0.496 e. The predicted molar refractivity (Wildman–Crippen MR) is 230 cm³/mol. The molecule has 3 saturated carbocycles. The lowest BCUT2D eigenvalue weighted by molar-refractivity contribution is -0.136. The van der Waals surface area contributed by atoms with E-state index in [1.54, 1.807) is 14.0 Å². The topological polar surface area (TPSA) is 96.0 Å². The molecule has 0 spiro atoms. The molecule has 0 aliphatic heterocycles. The summed E-state index contributed by atoms with van der Waals surface area (Å²) in [5.74, 6) is 1.36. The number of fused-ring (bicyclic) bond motifs is 3. The lowest BCUT2D eigenvalue weighted by atomic mass is 9.77. The van der Waals surface area contributed by atoms with Gasteiger partial charge in [0.25, 0.3) is 0 Å². The zero-order valence-electron chi connectivity index (χ0n) is 35.4. The van der Waals surface area contributed by atoms with Crippen LogP contribution in [0.1, 0.15) is 141 Å². The van der Waals surface area contributed by atoms with Crippen LogP contribution in [0.15, 0.2) is 66.5 Å². The number of hydrogen-bond acceptors (Lipinski definition) is 7. The van der Waals surface area contributed by atoms with Gasteiger partial charge in [0.15, 0.2) is 0 Å². The van der Waals surface area contributed by atoms with Crippen LogP contribution in [0.3, 0.4) is 0 Å². The van der Waals surface area contributed by atoms with E-state index < -0.39 is 17.3 Å². The molecule has 0 aromatic heterocycles. The molecule has 310 valence electrons. The monoisotopic (exact) mass is 788 g/mol. The zero-order valence-corrected chi connectivity index (χ0v) is 35.4. The quantitative estimate of drug-likeness (QED) is 0.147. The SMILES string of the molecule is C=C(CC1CCCCC/C=C\C2CC2(C(C)=O)CC(=O)C2CC(Oc3cc(C4=CCC(CC(=O)CCC)=C4)cc4c(C)c(OC)ccc34)CC2C1=O)OC1CCCC1. The van der Waals surface area contributed by atoms with E-state index in [9.17, 15) is 19.2 Å². The minimum absolute atomic E-state index is 0.00999. The van der Waals surface area contributed by atoms with Crippen molar-refractivity contribution in [1.29, 1.82) is 0 Å². The number of hydrogen-bond donors (Lipinski definition) is 0. The number of methoxy groups -OCH3 is 1. The van der Waals surface area contributed by atoms with E-state index in [1.807, 2.05) is 19.1 Å². The molecule has 58 heavy (non-hydrogen) atoms. The van der Waals surface area contributed by atoms with Crippen molar-refractivity contribution >= 4 is 39.5 Å². The van der Waals surface area contributed by atoms with Crippen LogP contribution in [0.25, 0.3) is 16.3 Å². The third-order valence-electron chi connectivity index (χ3n) is 14.0. The Kier molecular flexibility index (Phi) is 13.2. The lowest BCUT2D eigenvalue weighted by Crippen LogP contribution is -2.33. The van der Waals surface area contributed by atoms with E-state index in [0.29, 0.717) is 50.0 Å². The summed E-state index contributed by atoms with van der Waals surface area (Å²) in [6, 6.07) is 8.25. The molecule has 3 fully saturated rings. The number of rotatable bonds is 13. The van der Waals surface area contributed by atoms with Crippen molar-refractivity contribution in [1.82, 2.24) is 0 Å². The largest absolute Gasteiger partial charge is 0.496 e. The molecule has 7 nitrogen and oxygen atoms in total. The van der Waals surface area contributed by atoms with E-state index in [0.717, 1.165) is 109 Å². The van der Waals surface area contributed by atoms with Gasteiger partial charge in [-0.05, 0) is 143 Å². The van der Waals surface area contributed by atoms with Crippen molar-refractivity contribution < 1.29 is 33.4 Å². The summed E-state index contributed by atoms with van der Waals surface area (Å²) < 4.78 is 19.1. The first kappa shape index (κ1) is 41.9. The fraction of sp³-hybridized carbons (Fsp3) is 0.569. The first-order chi connectivity index (χ1) is 28.0. The zero-order chi connectivity index (χ0) is 41.0. The van der Waals surface area contributed by atoms with E-state index in [2.05, 4.69) is 49.9 Å². The smallest absolute Gasteiger partial charge is 0.140 e. The maximum atomic E-state index is 15.0. The van der Waals surface area contributed by atoms with Crippen LogP contribution < -0.4 is 9.47 Å². The number of aryl methyl sites for hydroxylation is 1. The van der Waals surface area contributed by atoms with Crippen LogP contribution in [0.2, 0.25) is 0 Å². The van der Waals surface area contributed by atoms with E-state index in [4.69, 9.17) is 14.2 Å². The maximum absolute atomic E-state index is 15.0. The van der Waals surface area contributed by atoms with Crippen molar-refractivity contribution in [3.8, 4) is 11.5 Å². The molecule has 2 aromatic rings. The summed E-state index contributed by atoms with van der Waals surface area (Å²) in [5, 5.41) is 1.95. The standard InChI is InChI=1S/C51H64O7/c1-6-14-40(53)25-35-19-20-36(24-35)38-26-44-33(3)48(56-5)22-21-43(44)49(27-38)58-42-28-45-46(29-42)50(55)37(23-32(2)57-41-17-12-13-18-41)15-10-8-7-9-11-16-39-30-51(39,34(4)52)31-47(45)54/h11,16,20-22,24,26-27,37,39,41-42,45-46H,2,6-10,12-15,17-19,23,25,28-31H2,1,3-5H3/b16-11-. The number of allylic oxidation sites excluding steroid dienone is 7. The van der Waals surface area contributed by atoms with Crippen LogP contribution in [-0.2, 0) is 23.9 Å². The molecule has 0 saturated heterocycles. The molecule has 0 N–H and O–H groups in total. The van der Waals surface area contributed by atoms with Crippen molar-refractivity contribution in [3.05, 3.63) is 77.6 Å². The molecule has 7 heteroatoms. The number of ether oxygens (including phenoxy) is 3. The lowest BCUT2D eigenvalue weighted by Gasteiger charge is -2.26. The molecule has 0 bridgehead atoms. The molecule has 0 heterocycles. The molecule has 6 unspecified atom stereocenters. The fourth-order valence-corrected chi connectivity index (χ4v) is 10.5. The summed E-state index contributed by atoms with van der Waals surface area (Å²) in [7, 11) is 1.68. The summed E-state index contributed by atoms with van der Waals surface area (Å²) in [6.07, 6.45) is 22.3. The normalized spacial score (nSPS) is 28.4. The molecule has 5 aliphatic rings. The highest BCUT2D eigenvalue weighted by Crippen LogP contribution is 2.58. The average molecular weight is 789 g/mol. The second-order valence-electron chi connectivity index (χ2n) is 18.1. The van der Waals surface area contributed by atoms with Crippen LogP contribution >= 0.6 is 0 Å². The second kappa shape index (κ2) is 18.3. The highest BCUT2D eigenvalue weighted by molar-refractivity contribution is 5.98. The van der Waals surface area contributed by atoms with Crippen LogP contribution in [0.5, 0.6) is 11.5 Å². The van der Waals surface area contributed by atoms with Gasteiger partial charge in [0.1, 0.15) is 40.7 Å². The Hall–Kier alpha value is -4.26. The molecule has 2 aromatic carbocycles. The third kappa shape index (κ3) is 9.29. The van der Waals surface area contributed by atoms with Gasteiger partial charge in [0.05, 0.1) is 19.0 Å². The number of carbonyl (C=O) groups is 4. The molecular weight excluding hydrogens is 725 g/mol. The van der Waals surface area contributed by atoms with Gasteiger partial charge in [-0.25, -0.2) is 0 Å². The number of carbonyl (C=O) groups excluding carboxylic acids is 4. The van der Waals surface area contributed by atoms with Crippen molar-refractivity contribution in [2.24, 2.45) is 29.1 Å². The summed E-state index contributed by atoms with van der Waals surface area (Å²) in [4.78, 5) is 55.3. The molecule has 0 amide bonds. The Labute approximate surface area is 345 Å². The van der Waals surface area contributed by atoms with Crippen molar-refractivity contribution in [3.63, 3.8) is 0 Å². The Morgan fingerprint density at radius 3 is 2.47 bits per heavy atom. The first-order valence-corrected chi connectivity index (χ1v) is 22.3. The van der Waals surface area contributed by atoms with E-state index >= 15 is 0 Å². The highest BCUT2D eigenvalue weighted by atomic mass is 16.5. The fourth-order valence-electron chi connectivity index (χ4n) is 10.5. The number of Topliss-reactive ketones (excluding diaryl/α,β-unsaturated/α-hetero) is 4. The Morgan fingerprint density at radius 1 is 0.931 bits per heavy atom. The summed E-state index contributed by atoms with van der Waals surface area (Å²) in [5.41, 5.74) is 3.49. The molecule has 0 radical (unpaired) electrons. The first-order valence-electron chi connectivity index (χ1n) is 22.3. The van der Waals surface area contributed by atoms with Gasteiger partial charge < -0.3 is 14.2 Å². The van der Waals surface area contributed by atoms with Gasteiger partial charge in [-0.15, -0.1) is 0 Å². The second-order valence-corrected chi connectivity index (χ2v) is 18.1. The number of ketones is 4. The Morgan fingerprint density at radius 2 is 1.71 bits per heavy atom. The summed E-state index contributed by atoms with van der Waals surface area (Å²) in [6.45, 7) is 10.0. The van der Waals surface area contributed by atoms with Gasteiger partial charge in [0, 0.05) is 54.2 Å². The average Bonchev–Trinajstić information content (AvgIpc) is 3.62. The van der Waals surface area contributed by atoms with Crippen molar-refractivity contribution in [2.45, 2.75) is 149 Å². The van der Waals surface area contributed by atoms with Gasteiger partial charge in [-0.3, -0.25) is 19.2 Å². The molecule has 7 rings (SSSR count). The maximum Gasteiger partial charge on any atom is 0.140 e. The van der Waals surface area contributed by atoms with E-state index in [-0.39, 0.29) is 53.6 Å². The van der Waals surface area contributed by atoms with Crippen molar-refractivity contribution in [2.75, 3.05) is 7.11 Å². The van der Waals surface area contributed by atoms with Gasteiger partial charge in [-0.2, -0.15) is 0 Å². The van der Waals surface area contributed by atoms with Gasteiger partial charge in [-0.1, -0.05) is 56.2 Å². The highest BCUT2D eigenvalue weighted by Gasteiger charge is 2.59. The molecule has 5 aliphatic carbocycles. The minimum atomic E-state index is -0.674. The Bertz CT molecular complexity index is 2010. The van der Waals surface area contributed by atoms with Gasteiger partial charge >= 0.3 is 0 Å². The van der Waals surface area contributed by atoms with Crippen LogP contribution in [0, 0.1) is 36.0 Å². The van der Waals surface area contributed by atoms with E-state index in [1.165, 1.54) is 0 Å². The molecular formula is C51H64O7. The molecule has 6 atom stereocenters. The number of benzene rings is 2.